The third-order valence-corrected chi connectivity index (χ3v) is 5.07. The minimum Gasteiger partial charge on any atom is -0.493 e. The molecule has 0 spiro atoms. The number of carbonyl (C=O) groups excluding carboxylic acids is 2. The Morgan fingerprint density at radius 2 is 1.66 bits per heavy atom. The van der Waals surface area contributed by atoms with Gasteiger partial charge >= 0.3 is 6.18 Å². The molecule has 0 aromatic heterocycles. The lowest BCUT2D eigenvalue weighted by Crippen LogP contribution is -2.19. The molecular weight excluding hydrogens is 461 g/mol. The van der Waals surface area contributed by atoms with Crippen LogP contribution >= 0.6 is 0 Å². The molecule has 184 valence electrons. The molecule has 9 heteroatoms. The average molecular weight is 486 g/mol. The van der Waals surface area contributed by atoms with Gasteiger partial charge in [-0.05, 0) is 60.9 Å². The van der Waals surface area contributed by atoms with E-state index >= 15 is 0 Å². The van der Waals surface area contributed by atoms with E-state index < -0.39 is 12.8 Å². The molecule has 0 saturated heterocycles. The number of amides is 2. The number of alkyl halides is 3. The number of hydrogen-bond donors (Lipinski definition) is 2. The van der Waals surface area contributed by atoms with Crippen LogP contribution in [0.2, 0.25) is 0 Å². The molecule has 2 N–H and O–H groups in total. The highest BCUT2D eigenvalue weighted by Crippen LogP contribution is 2.30. The normalized spacial score (nSPS) is 11.0. The Morgan fingerprint density at radius 3 is 2.34 bits per heavy atom. The van der Waals surface area contributed by atoms with Gasteiger partial charge in [-0.1, -0.05) is 30.3 Å². The van der Waals surface area contributed by atoms with E-state index in [4.69, 9.17) is 9.47 Å². The monoisotopic (exact) mass is 486 g/mol. The molecule has 3 aromatic rings. The minimum atomic E-state index is -4.46. The van der Waals surface area contributed by atoms with Gasteiger partial charge in [0.05, 0.1) is 7.11 Å². The van der Waals surface area contributed by atoms with Crippen LogP contribution < -0.4 is 20.1 Å². The van der Waals surface area contributed by atoms with Crippen molar-refractivity contribution in [2.24, 2.45) is 0 Å². The van der Waals surface area contributed by atoms with Crippen LogP contribution in [0, 0.1) is 6.92 Å². The number of anilines is 2. The summed E-state index contributed by atoms with van der Waals surface area (Å²) >= 11 is 0. The van der Waals surface area contributed by atoms with E-state index in [1.807, 2.05) is 13.0 Å². The van der Waals surface area contributed by atoms with E-state index in [9.17, 15) is 22.8 Å². The second-order valence-corrected chi connectivity index (χ2v) is 7.79. The van der Waals surface area contributed by atoms with E-state index in [0.29, 0.717) is 28.9 Å². The highest BCUT2D eigenvalue weighted by Gasteiger charge is 2.29. The fraction of sp³-hybridized carbons (Fsp3) is 0.231. The first-order valence-corrected chi connectivity index (χ1v) is 10.8. The molecule has 0 aliphatic heterocycles. The summed E-state index contributed by atoms with van der Waals surface area (Å²) in [6, 6.07) is 18.5. The Hall–Kier alpha value is -4.01. The van der Waals surface area contributed by atoms with Crippen LogP contribution in [-0.2, 0) is 11.2 Å². The third kappa shape index (κ3) is 7.77. The number of methoxy groups -OCH3 is 1. The second-order valence-electron chi connectivity index (χ2n) is 7.79. The Kier molecular flexibility index (Phi) is 8.35. The fourth-order valence-electron chi connectivity index (χ4n) is 3.24. The lowest BCUT2D eigenvalue weighted by atomic mass is 10.1. The number of halogens is 3. The highest BCUT2D eigenvalue weighted by molar-refractivity contribution is 6.04. The van der Waals surface area contributed by atoms with Gasteiger partial charge in [-0.2, -0.15) is 13.2 Å². The standard InChI is InChI=1S/C26H25F3N2O4/c1-17-8-11-20(30-25(33)19-6-4-3-5-7-19)15-21(17)31-24(32)13-10-18-9-12-22(23(14-18)34-2)35-16-26(27,28)29/h3-9,11-12,14-15H,10,13,16H2,1-2H3,(H,30,33)(H,31,32). The average Bonchev–Trinajstić information content (AvgIpc) is 2.83. The van der Waals surface area contributed by atoms with Gasteiger partial charge < -0.3 is 20.1 Å². The molecule has 0 heterocycles. The molecule has 3 rings (SSSR count). The smallest absolute Gasteiger partial charge is 0.422 e. The van der Waals surface area contributed by atoms with Gasteiger partial charge in [-0.3, -0.25) is 9.59 Å². The number of nitrogens with one attached hydrogen (secondary N) is 2. The first-order chi connectivity index (χ1) is 16.6. The van der Waals surface area contributed by atoms with E-state index in [-0.39, 0.29) is 29.7 Å². The van der Waals surface area contributed by atoms with Crippen molar-refractivity contribution < 1.29 is 32.2 Å². The van der Waals surface area contributed by atoms with Crippen molar-refractivity contribution >= 4 is 23.2 Å². The molecule has 0 unspecified atom stereocenters. The maximum atomic E-state index is 12.5. The molecule has 0 radical (unpaired) electrons. The van der Waals surface area contributed by atoms with E-state index in [0.717, 1.165) is 5.56 Å². The summed E-state index contributed by atoms with van der Waals surface area (Å²) in [6.07, 6.45) is -3.99. The molecule has 35 heavy (non-hydrogen) atoms. The molecule has 0 bridgehead atoms. The van der Waals surface area contributed by atoms with Crippen LogP contribution in [0.25, 0.3) is 0 Å². The van der Waals surface area contributed by atoms with Crippen molar-refractivity contribution in [3.05, 3.63) is 83.4 Å². The predicted molar refractivity (Wildman–Crippen MR) is 127 cm³/mol. The maximum absolute atomic E-state index is 12.5. The molecule has 0 aliphatic carbocycles. The Bertz CT molecular complexity index is 1180. The Balaban J connectivity index is 1.59. The summed E-state index contributed by atoms with van der Waals surface area (Å²) in [5.41, 5.74) is 3.15. The van der Waals surface area contributed by atoms with Gasteiger partial charge in [0.15, 0.2) is 18.1 Å². The van der Waals surface area contributed by atoms with E-state index in [2.05, 4.69) is 10.6 Å². The van der Waals surface area contributed by atoms with Gasteiger partial charge in [0.1, 0.15) is 0 Å². The van der Waals surface area contributed by atoms with Gasteiger partial charge in [0.2, 0.25) is 5.91 Å². The van der Waals surface area contributed by atoms with Gasteiger partial charge in [0, 0.05) is 23.4 Å². The number of hydrogen-bond acceptors (Lipinski definition) is 4. The van der Waals surface area contributed by atoms with Crippen molar-refractivity contribution in [1.29, 1.82) is 0 Å². The lowest BCUT2D eigenvalue weighted by molar-refractivity contribution is -0.153. The van der Waals surface area contributed by atoms with Crippen molar-refractivity contribution in [2.45, 2.75) is 25.9 Å². The fourth-order valence-corrected chi connectivity index (χ4v) is 3.24. The van der Waals surface area contributed by atoms with Crippen LogP contribution in [0.4, 0.5) is 24.5 Å². The topological polar surface area (TPSA) is 76.7 Å². The lowest BCUT2D eigenvalue weighted by Gasteiger charge is -2.14. The zero-order valence-corrected chi connectivity index (χ0v) is 19.2. The zero-order chi connectivity index (χ0) is 25.4. The number of ether oxygens (including phenoxy) is 2. The van der Waals surface area contributed by atoms with Crippen molar-refractivity contribution in [3.63, 3.8) is 0 Å². The van der Waals surface area contributed by atoms with Crippen molar-refractivity contribution in [3.8, 4) is 11.5 Å². The number of carbonyl (C=O) groups is 2. The van der Waals surface area contributed by atoms with Crippen LogP contribution in [0.1, 0.15) is 27.9 Å². The maximum Gasteiger partial charge on any atom is 0.422 e. The molecule has 0 fully saturated rings. The zero-order valence-electron chi connectivity index (χ0n) is 19.2. The van der Waals surface area contributed by atoms with Crippen LogP contribution in [0.5, 0.6) is 11.5 Å². The third-order valence-electron chi connectivity index (χ3n) is 5.07. The van der Waals surface area contributed by atoms with Crippen LogP contribution in [0.15, 0.2) is 66.7 Å². The molecule has 0 aliphatic rings. The van der Waals surface area contributed by atoms with Gasteiger partial charge in [0.25, 0.3) is 5.91 Å². The van der Waals surface area contributed by atoms with Crippen LogP contribution in [-0.4, -0.2) is 31.7 Å². The summed E-state index contributed by atoms with van der Waals surface area (Å²) < 4.78 is 47.1. The summed E-state index contributed by atoms with van der Waals surface area (Å²) in [4.78, 5) is 24.9. The SMILES string of the molecule is COc1cc(CCC(=O)Nc2cc(NC(=O)c3ccccc3)ccc2C)ccc1OCC(F)(F)F. The van der Waals surface area contributed by atoms with Gasteiger partial charge in [-0.25, -0.2) is 0 Å². The summed E-state index contributed by atoms with van der Waals surface area (Å²) in [5.74, 6) is -0.382. The van der Waals surface area contributed by atoms with Crippen molar-refractivity contribution in [2.75, 3.05) is 24.4 Å². The van der Waals surface area contributed by atoms with E-state index in [1.54, 1.807) is 54.6 Å². The molecule has 0 saturated carbocycles. The molecule has 0 atom stereocenters. The quantitative estimate of drug-likeness (QED) is 0.403. The van der Waals surface area contributed by atoms with E-state index in [1.165, 1.54) is 13.2 Å². The largest absolute Gasteiger partial charge is 0.493 e. The van der Waals surface area contributed by atoms with Gasteiger partial charge in [-0.15, -0.1) is 0 Å². The number of aryl methyl sites for hydroxylation is 2. The summed E-state index contributed by atoms with van der Waals surface area (Å²) in [5, 5.41) is 5.65. The number of rotatable bonds is 9. The Labute approximate surface area is 201 Å². The minimum absolute atomic E-state index is 0.0250. The number of benzene rings is 3. The molecule has 3 aromatic carbocycles. The first-order valence-electron chi connectivity index (χ1n) is 10.8. The Morgan fingerprint density at radius 1 is 0.914 bits per heavy atom. The molecule has 2 amide bonds. The molecular formula is C26H25F3N2O4. The summed E-state index contributed by atoms with van der Waals surface area (Å²) in [7, 11) is 1.33. The van der Waals surface area contributed by atoms with Crippen molar-refractivity contribution in [1.82, 2.24) is 0 Å². The first kappa shape index (κ1) is 25.6. The molecule has 6 nitrogen and oxygen atoms in total. The van der Waals surface area contributed by atoms with Crippen LogP contribution in [0.3, 0.4) is 0 Å². The summed E-state index contributed by atoms with van der Waals surface area (Å²) in [6.45, 7) is 0.415. The second kappa shape index (κ2) is 11.4. The predicted octanol–water partition coefficient (Wildman–Crippen LogP) is 5.77. The highest BCUT2D eigenvalue weighted by atomic mass is 19.4.